The van der Waals surface area contributed by atoms with Crippen molar-refractivity contribution in [3.8, 4) is 0 Å². The third-order valence-electron chi connectivity index (χ3n) is 3.25. The third-order valence-corrected chi connectivity index (χ3v) is 4.32. The van der Waals surface area contributed by atoms with Crippen molar-refractivity contribution in [3.05, 3.63) is 52.0 Å². The highest BCUT2D eigenvalue weighted by atomic mass is 32.1. The maximum atomic E-state index is 4.07. The summed E-state index contributed by atoms with van der Waals surface area (Å²) in [6.07, 6.45) is 3.73. The molecule has 0 saturated heterocycles. The van der Waals surface area contributed by atoms with Gasteiger partial charge in [0.1, 0.15) is 0 Å². The van der Waals surface area contributed by atoms with Gasteiger partial charge in [0.2, 0.25) is 0 Å². The van der Waals surface area contributed by atoms with Crippen molar-refractivity contribution in [3.63, 3.8) is 0 Å². The van der Waals surface area contributed by atoms with Gasteiger partial charge in [-0.05, 0) is 42.9 Å². The monoisotopic (exact) mass is 289 g/mol. The standard InChI is InChI=1S/C16H23N3S/c1-3-17-11-15-5-6-16(20-15)13-19(4-2)12-14-7-9-18-10-8-14/h5-10,17H,3-4,11-13H2,1-2H3. The summed E-state index contributed by atoms with van der Waals surface area (Å²) in [5, 5.41) is 3.37. The van der Waals surface area contributed by atoms with E-state index >= 15 is 0 Å². The molecule has 108 valence electrons. The number of aromatic nitrogens is 1. The molecule has 3 nitrogen and oxygen atoms in total. The van der Waals surface area contributed by atoms with Crippen molar-refractivity contribution in [2.75, 3.05) is 13.1 Å². The smallest absolute Gasteiger partial charge is 0.0331 e. The molecule has 1 N–H and O–H groups in total. The molecule has 0 amide bonds. The summed E-state index contributed by atoms with van der Waals surface area (Å²) in [5.41, 5.74) is 1.33. The van der Waals surface area contributed by atoms with E-state index in [0.717, 1.165) is 32.7 Å². The Hall–Kier alpha value is -1.23. The highest BCUT2D eigenvalue weighted by Gasteiger charge is 2.07. The fraction of sp³-hybridized carbons (Fsp3) is 0.438. The zero-order chi connectivity index (χ0) is 14.2. The molecule has 0 bridgehead atoms. The van der Waals surface area contributed by atoms with E-state index in [0.29, 0.717) is 0 Å². The second-order valence-electron chi connectivity index (χ2n) is 4.81. The maximum Gasteiger partial charge on any atom is 0.0331 e. The number of hydrogen-bond acceptors (Lipinski definition) is 4. The molecule has 0 aliphatic rings. The molecule has 2 rings (SSSR count). The molecule has 0 aliphatic heterocycles. The predicted octanol–water partition coefficient (Wildman–Crippen LogP) is 3.27. The topological polar surface area (TPSA) is 28.2 Å². The first-order valence-corrected chi connectivity index (χ1v) is 8.03. The van der Waals surface area contributed by atoms with Crippen molar-refractivity contribution >= 4 is 11.3 Å². The van der Waals surface area contributed by atoms with Gasteiger partial charge in [0, 0.05) is 41.8 Å². The average molecular weight is 289 g/mol. The molecular formula is C16H23N3S. The minimum Gasteiger partial charge on any atom is -0.312 e. The van der Waals surface area contributed by atoms with E-state index in [1.54, 1.807) is 0 Å². The number of nitrogens with zero attached hydrogens (tertiary/aromatic N) is 2. The molecule has 0 unspecified atom stereocenters. The maximum absolute atomic E-state index is 4.07. The SMILES string of the molecule is CCNCc1ccc(CN(CC)Cc2ccncc2)s1. The number of thiophene rings is 1. The lowest BCUT2D eigenvalue weighted by Gasteiger charge is -2.19. The largest absolute Gasteiger partial charge is 0.312 e. The first-order chi connectivity index (χ1) is 9.81. The second-order valence-corrected chi connectivity index (χ2v) is 6.06. The molecule has 20 heavy (non-hydrogen) atoms. The summed E-state index contributed by atoms with van der Waals surface area (Å²) in [7, 11) is 0. The molecule has 0 saturated carbocycles. The Morgan fingerprint density at radius 2 is 1.80 bits per heavy atom. The third kappa shape index (κ3) is 4.71. The summed E-state index contributed by atoms with van der Waals surface area (Å²) < 4.78 is 0. The Morgan fingerprint density at radius 3 is 2.50 bits per heavy atom. The summed E-state index contributed by atoms with van der Waals surface area (Å²) in [6, 6.07) is 8.68. The lowest BCUT2D eigenvalue weighted by Crippen LogP contribution is -2.21. The van der Waals surface area contributed by atoms with Crippen LogP contribution in [0.2, 0.25) is 0 Å². The van der Waals surface area contributed by atoms with Crippen LogP contribution >= 0.6 is 11.3 Å². The minimum absolute atomic E-state index is 0.984. The Kier molecular flexibility index (Phi) is 6.18. The van der Waals surface area contributed by atoms with Crippen LogP contribution in [0.4, 0.5) is 0 Å². The van der Waals surface area contributed by atoms with E-state index in [2.05, 4.69) is 53.3 Å². The summed E-state index contributed by atoms with van der Waals surface area (Å²) >= 11 is 1.91. The van der Waals surface area contributed by atoms with Crippen molar-refractivity contribution in [1.82, 2.24) is 15.2 Å². The van der Waals surface area contributed by atoms with Crippen LogP contribution in [0.3, 0.4) is 0 Å². The Morgan fingerprint density at radius 1 is 1.05 bits per heavy atom. The number of pyridine rings is 1. The van der Waals surface area contributed by atoms with Crippen molar-refractivity contribution in [2.45, 2.75) is 33.5 Å². The summed E-state index contributed by atoms with van der Waals surface area (Å²) in [6.45, 7) is 9.43. The van der Waals surface area contributed by atoms with E-state index in [-0.39, 0.29) is 0 Å². The molecule has 0 atom stereocenters. The van der Waals surface area contributed by atoms with Crippen LogP contribution < -0.4 is 5.32 Å². The first kappa shape index (κ1) is 15.2. The molecule has 0 aliphatic carbocycles. The fourth-order valence-electron chi connectivity index (χ4n) is 2.10. The minimum atomic E-state index is 0.984. The van der Waals surface area contributed by atoms with E-state index in [1.807, 2.05) is 23.7 Å². The summed E-state index contributed by atoms with van der Waals surface area (Å²) in [5.74, 6) is 0. The Balaban J connectivity index is 1.91. The van der Waals surface area contributed by atoms with E-state index in [1.165, 1.54) is 15.3 Å². The van der Waals surface area contributed by atoms with Gasteiger partial charge < -0.3 is 5.32 Å². The predicted molar refractivity (Wildman–Crippen MR) is 85.7 cm³/mol. The highest BCUT2D eigenvalue weighted by molar-refractivity contribution is 7.11. The van der Waals surface area contributed by atoms with Gasteiger partial charge in [-0.2, -0.15) is 0 Å². The van der Waals surface area contributed by atoms with Crippen LogP contribution in [0.25, 0.3) is 0 Å². The van der Waals surface area contributed by atoms with Crippen molar-refractivity contribution < 1.29 is 0 Å². The van der Waals surface area contributed by atoms with Gasteiger partial charge in [0.05, 0.1) is 0 Å². The molecule has 2 aromatic rings. The van der Waals surface area contributed by atoms with Crippen LogP contribution in [0.5, 0.6) is 0 Å². The molecule has 2 heterocycles. The van der Waals surface area contributed by atoms with Gasteiger partial charge in [0.15, 0.2) is 0 Å². The molecular weight excluding hydrogens is 266 g/mol. The molecule has 0 radical (unpaired) electrons. The lowest BCUT2D eigenvalue weighted by molar-refractivity contribution is 0.274. The van der Waals surface area contributed by atoms with Crippen molar-refractivity contribution in [1.29, 1.82) is 0 Å². The van der Waals surface area contributed by atoms with E-state index < -0.39 is 0 Å². The zero-order valence-electron chi connectivity index (χ0n) is 12.3. The van der Waals surface area contributed by atoms with Gasteiger partial charge >= 0.3 is 0 Å². The van der Waals surface area contributed by atoms with Crippen LogP contribution in [-0.4, -0.2) is 23.0 Å². The molecule has 0 spiro atoms. The molecule has 4 heteroatoms. The van der Waals surface area contributed by atoms with Gasteiger partial charge in [-0.3, -0.25) is 9.88 Å². The van der Waals surface area contributed by atoms with Gasteiger partial charge in [-0.15, -0.1) is 11.3 Å². The van der Waals surface area contributed by atoms with Gasteiger partial charge in [0.25, 0.3) is 0 Å². The number of nitrogens with one attached hydrogen (secondary N) is 1. The van der Waals surface area contributed by atoms with Gasteiger partial charge in [-0.1, -0.05) is 13.8 Å². The van der Waals surface area contributed by atoms with E-state index in [4.69, 9.17) is 0 Å². The van der Waals surface area contributed by atoms with E-state index in [9.17, 15) is 0 Å². The summed E-state index contributed by atoms with van der Waals surface area (Å²) in [4.78, 5) is 9.38. The Labute approximate surface area is 125 Å². The average Bonchev–Trinajstić information content (AvgIpc) is 2.93. The first-order valence-electron chi connectivity index (χ1n) is 7.21. The Bertz CT molecular complexity index is 495. The zero-order valence-corrected chi connectivity index (χ0v) is 13.1. The van der Waals surface area contributed by atoms with Crippen molar-refractivity contribution in [2.24, 2.45) is 0 Å². The number of hydrogen-bond donors (Lipinski definition) is 1. The van der Waals surface area contributed by atoms with Crippen LogP contribution in [0, 0.1) is 0 Å². The quantitative estimate of drug-likeness (QED) is 0.808. The molecule has 0 fully saturated rings. The van der Waals surface area contributed by atoms with Crippen LogP contribution in [0.1, 0.15) is 29.2 Å². The highest BCUT2D eigenvalue weighted by Crippen LogP contribution is 2.19. The van der Waals surface area contributed by atoms with Crippen LogP contribution in [-0.2, 0) is 19.6 Å². The second kappa shape index (κ2) is 8.15. The number of rotatable bonds is 8. The fourth-order valence-corrected chi connectivity index (χ4v) is 3.13. The van der Waals surface area contributed by atoms with Gasteiger partial charge in [-0.25, -0.2) is 0 Å². The molecule has 0 aromatic carbocycles. The normalized spacial score (nSPS) is 11.2. The lowest BCUT2D eigenvalue weighted by atomic mass is 10.2. The van der Waals surface area contributed by atoms with Crippen LogP contribution in [0.15, 0.2) is 36.7 Å². The molecule has 2 aromatic heterocycles.